The van der Waals surface area contributed by atoms with E-state index in [1.807, 2.05) is 12.1 Å². The second-order valence-corrected chi connectivity index (χ2v) is 4.73. The highest BCUT2D eigenvalue weighted by Gasteiger charge is 2.60. The highest BCUT2D eigenvalue weighted by atomic mass is 35.5. The molecule has 0 amide bonds. The van der Waals surface area contributed by atoms with Crippen molar-refractivity contribution in [1.82, 2.24) is 4.98 Å². The fourth-order valence-electron chi connectivity index (χ4n) is 1.83. The monoisotopic (exact) mass is 196 g/mol. The number of pyridine rings is 1. The lowest BCUT2D eigenvalue weighted by Crippen LogP contribution is -2.26. The summed E-state index contributed by atoms with van der Waals surface area (Å²) in [5.41, 5.74) is 7.08. The number of nitrogens with two attached hydrogens (primary N) is 1. The van der Waals surface area contributed by atoms with Crippen LogP contribution in [0.1, 0.15) is 25.8 Å². The van der Waals surface area contributed by atoms with E-state index in [0.29, 0.717) is 5.15 Å². The Hall–Kier alpha value is -0.600. The molecular formula is C10H13ClN2. The number of halogens is 1. The Morgan fingerprint density at radius 1 is 1.54 bits per heavy atom. The smallest absolute Gasteiger partial charge is 0.134 e. The van der Waals surface area contributed by atoms with Crippen LogP contribution < -0.4 is 5.73 Å². The van der Waals surface area contributed by atoms with Crippen LogP contribution in [0.25, 0.3) is 0 Å². The van der Waals surface area contributed by atoms with Crippen molar-refractivity contribution in [3.05, 3.63) is 29.0 Å². The summed E-state index contributed by atoms with van der Waals surface area (Å²) in [5, 5.41) is 0.538. The zero-order valence-corrected chi connectivity index (χ0v) is 8.60. The largest absolute Gasteiger partial charge is 0.321 e. The van der Waals surface area contributed by atoms with Crippen LogP contribution in [0, 0.1) is 5.41 Å². The molecule has 1 aromatic rings. The molecule has 70 valence electrons. The van der Waals surface area contributed by atoms with Crippen LogP contribution in [0.15, 0.2) is 18.3 Å². The standard InChI is InChI=1S/C10H13ClN2/c1-9(2)6-10(9,12)7-4-3-5-13-8(7)11/h3-5H,6,12H2,1-2H3. The van der Waals surface area contributed by atoms with E-state index < -0.39 is 0 Å². The lowest BCUT2D eigenvalue weighted by molar-refractivity contribution is 0.509. The van der Waals surface area contributed by atoms with Crippen LogP contribution in [-0.2, 0) is 5.54 Å². The Morgan fingerprint density at radius 2 is 2.15 bits per heavy atom. The van der Waals surface area contributed by atoms with Gasteiger partial charge in [0.2, 0.25) is 0 Å². The van der Waals surface area contributed by atoms with Gasteiger partial charge in [-0.1, -0.05) is 31.5 Å². The van der Waals surface area contributed by atoms with Gasteiger partial charge in [0, 0.05) is 17.3 Å². The Labute approximate surface area is 83.1 Å². The molecule has 1 saturated carbocycles. The summed E-state index contributed by atoms with van der Waals surface area (Å²) in [6.07, 6.45) is 2.66. The van der Waals surface area contributed by atoms with E-state index in [4.69, 9.17) is 17.3 Å². The molecular weight excluding hydrogens is 184 g/mol. The third-order valence-corrected chi connectivity index (χ3v) is 3.34. The Balaban J connectivity index is 2.44. The summed E-state index contributed by atoms with van der Waals surface area (Å²) in [5.74, 6) is 0. The van der Waals surface area contributed by atoms with Gasteiger partial charge in [0.25, 0.3) is 0 Å². The van der Waals surface area contributed by atoms with Gasteiger partial charge in [-0.3, -0.25) is 0 Å². The first-order valence-electron chi connectivity index (χ1n) is 4.37. The van der Waals surface area contributed by atoms with Crippen molar-refractivity contribution in [3.63, 3.8) is 0 Å². The fourth-order valence-corrected chi connectivity index (χ4v) is 2.12. The molecule has 0 spiro atoms. The third kappa shape index (κ3) is 1.17. The molecule has 1 aromatic heterocycles. The molecule has 0 saturated heterocycles. The van der Waals surface area contributed by atoms with Crippen LogP contribution in [-0.4, -0.2) is 4.98 Å². The van der Waals surface area contributed by atoms with Crippen molar-refractivity contribution in [1.29, 1.82) is 0 Å². The van der Waals surface area contributed by atoms with E-state index in [0.717, 1.165) is 12.0 Å². The molecule has 0 aromatic carbocycles. The van der Waals surface area contributed by atoms with Crippen molar-refractivity contribution in [2.24, 2.45) is 11.1 Å². The van der Waals surface area contributed by atoms with Crippen LogP contribution in [0.3, 0.4) is 0 Å². The number of aromatic nitrogens is 1. The molecule has 13 heavy (non-hydrogen) atoms. The number of hydrogen-bond acceptors (Lipinski definition) is 2. The van der Waals surface area contributed by atoms with Crippen molar-refractivity contribution in [3.8, 4) is 0 Å². The van der Waals surface area contributed by atoms with Gasteiger partial charge in [0.15, 0.2) is 0 Å². The summed E-state index contributed by atoms with van der Waals surface area (Å²) in [6, 6.07) is 3.84. The van der Waals surface area contributed by atoms with Gasteiger partial charge in [-0.15, -0.1) is 0 Å². The molecule has 2 nitrogen and oxygen atoms in total. The molecule has 1 aliphatic carbocycles. The molecule has 3 heteroatoms. The number of rotatable bonds is 1. The molecule has 0 radical (unpaired) electrons. The maximum atomic E-state index is 6.22. The highest BCUT2D eigenvalue weighted by molar-refractivity contribution is 6.30. The van der Waals surface area contributed by atoms with E-state index in [2.05, 4.69) is 18.8 Å². The van der Waals surface area contributed by atoms with E-state index in [1.165, 1.54) is 0 Å². The zero-order valence-electron chi connectivity index (χ0n) is 7.84. The van der Waals surface area contributed by atoms with Gasteiger partial charge in [-0.2, -0.15) is 0 Å². The quantitative estimate of drug-likeness (QED) is 0.701. The minimum Gasteiger partial charge on any atom is -0.321 e. The van der Waals surface area contributed by atoms with Crippen molar-refractivity contribution in [2.45, 2.75) is 25.8 Å². The van der Waals surface area contributed by atoms with Crippen molar-refractivity contribution >= 4 is 11.6 Å². The van der Waals surface area contributed by atoms with E-state index in [9.17, 15) is 0 Å². The Morgan fingerprint density at radius 3 is 2.62 bits per heavy atom. The summed E-state index contributed by atoms with van der Waals surface area (Å²) >= 11 is 5.99. The Bertz CT molecular complexity index is 349. The van der Waals surface area contributed by atoms with Gasteiger partial charge in [0.05, 0.1) is 0 Å². The fraction of sp³-hybridized carbons (Fsp3) is 0.500. The number of hydrogen-bond donors (Lipinski definition) is 1. The molecule has 1 fully saturated rings. The van der Waals surface area contributed by atoms with Crippen LogP contribution in [0.5, 0.6) is 0 Å². The predicted octanol–water partition coefficient (Wildman–Crippen LogP) is 2.32. The first-order valence-corrected chi connectivity index (χ1v) is 4.75. The van der Waals surface area contributed by atoms with Crippen LogP contribution in [0.2, 0.25) is 5.15 Å². The molecule has 2 rings (SSSR count). The molecule has 2 N–H and O–H groups in total. The molecule has 1 unspecified atom stereocenters. The minimum atomic E-state index is -0.266. The average Bonchev–Trinajstić information content (AvgIpc) is 2.53. The molecule has 0 bridgehead atoms. The summed E-state index contributed by atoms with van der Waals surface area (Å²) in [7, 11) is 0. The normalized spacial score (nSPS) is 30.2. The van der Waals surface area contributed by atoms with E-state index in [-0.39, 0.29) is 11.0 Å². The Kier molecular flexibility index (Phi) is 1.70. The summed E-state index contributed by atoms with van der Waals surface area (Å²) in [4.78, 5) is 4.04. The van der Waals surface area contributed by atoms with E-state index in [1.54, 1.807) is 6.20 Å². The minimum absolute atomic E-state index is 0.152. The second kappa shape index (κ2) is 2.46. The summed E-state index contributed by atoms with van der Waals surface area (Å²) in [6.45, 7) is 4.30. The number of nitrogens with zero attached hydrogens (tertiary/aromatic N) is 1. The zero-order chi connectivity index (χ0) is 9.69. The molecule has 0 aliphatic heterocycles. The predicted molar refractivity (Wildman–Crippen MR) is 53.5 cm³/mol. The van der Waals surface area contributed by atoms with Gasteiger partial charge < -0.3 is 5.73 Å². The average molecular weight is 197 g/mol. The van der Waals surface area contributed by atoms with E-state index >= 15 is 0 Å². The van der Waals surface area contributed by atoms with Crippen molar-refractivity contribution in [2.75, 3.05) is 0 Å². The van der Waals surface area contributed by atoms with Crippen LogP contribution >= 0.6 is 11.6 Å². The first kappa shape index (κ1) is 8.97. The highest BCUT2D eigenvalue weighted by Crippen LogP contribution is 2.61. The lowest BCUT2D eigenvalue weighted by atomic mass is 9.99. The van der Waals surface area contributed by atoms with Gasteiger partial charge in [-0.25, -0.2) is 4.98 Å². The van der Waals surface area contributed by atoms with Crippen molar-refractivity contribution < 1.29 is 0 Å². The van der Waals surface area contributed by atoms with Gasteiger partial charge in [0.1, 0.15) is 5.15 Å². The first-order chi connectivity index (χ1) is 5.97. The second-order valence-electron chi connectivity index (χ2n) is 4.37. The maximum absolute atomic E-state index is 6.22. The molecule has 1 atom stereocenters. The van der Waals surface area contributed by atoms with Gasteiger partial charge in [-0.05, 0) is 17.9 Å². The third-order valence-electron chi connectivity index (χ3n) is 3.04. The lowest BCUT2D eigenvalue weighted by Gasteiger charge is -2.15. The van der Waals surface area contributed by atoms with Crippen LogP contribution in [0.4, 0.5) is 0 Å². The topological polar surface area (TPSA) is 38.9 Å². The maximum Gasteiger partial charge on any atom is 0.134 e. The summed E-state index contributed by atoms with van der Waals surface area (Å²) < 4.78 is 0. The van der Waals surface area contributed by atoms with Gasteiger partial charge >= 0.3 is 0 Å². The molecule has 1 heterocycles. The SMILES string of the molecule is CC1(C)CC1(N)c1cccnc1Cl. The molecule has 1 aliphatic rings.